The van der Waals surface area contributed by atoms with E-state index in [2.05, 4.69) is 6.58 Å². The van der Waals surface area contributed by atoms with Crippen molar-refractivity contribution in [1.82, 2.24) is 0 Å². The normalized spacial score (nSPS) is 11.3. The molecule has 0 aliphatic heterocycles. The molecule has 1 rings (SSSR count). The fraction of sp³-hybridized carbons (Fsp3) is 0.429. The molecule has 0 spiro atoms. The Bertz CT molecular complexity index is 523. The van der Waals surface area contributed by atoms with Crippen LogP contribution in [0.2, 0.25) is 0 Å². The highest BCUT2D eigenvalue weighted by atomic mass is 35.7. The van der Waals surface area contributed by atoms with E-state index in [1.165, 1.54) is 6.07 Å². The Balaban J connectivity index is 2.48. The van der Waals surface area contributed by atoms with Crippen LogP contribution in [-0.4, -0.2) is 15.0 Å². The van der Waals surface area contributed by atoms with Gasteiger partial charge in [0.25, 0.3) is 9.05 Å². The van der Waals surface area contributed by atoms with Gasteiger partial charge in [-0.3, -0.25) is 0 Å². The van der Waals surface area contributed by atoms with E-state index in [0.717, 1.165) is 25.7 Å². The Morgan fingerprint density at radius 1 is 1.32 bits per heavy atom. The van der Waals surface area contributed by atoms with Gasteiger partial charge in [-0.15, -0.1) is 6.58 Å². The molecule has 0 saturated carbocycles. The molecule has 0 heterocycles. The van der Waals surface area contributed by atoms with Crippen LogP contribution in [0.15, 0.2) is 35.7 Å². The molecular formula is C14H19ClO3S. The molecular weight excluding hydrogens is 284 g/mol. The van der Waals surface area contributed by atoms with Crippen LogP contribution in [0.5, 0.6) is 5.75 Å². The average molecular weight is 303 g/mol. The van der Waals surface area contributed by atoms with Crippen molar-refractivity contribution in [2.24, 2.45) is 0 Å². The largest absolute Gasteiger partial charge is 0.494 e. The van der Waals surface area contributed by atoms with E-state index < -0.39 is 9.05 Å². The van der Waals surface area contributed by atoms with E-state index in [4.69, 9.17) is 15.4 Å². The van der Waals surface area contributed by atoms with Gasteiger partial charge in [-0.2, -0.15) is 0 Å². The lowest BCUT2D eigenvalue weighted by molar-refractivity contribution is 0.305. The van der Waals surface area contributed by atoms with Crippen molar-refractivity contribution in [3.63, 3.8) is 0 Å². The van der Waals surface area contributed by atoms with Crippen LogP contribution in [-0.2, 0) is 9.05 Å². The molecule has 0 unspecified atom stereocenters. The molecule has 0 amide bonds. The Labute approximate surface area is 119 Å². The molecule has 0 N–H and O–H groups in total. The van der Waals surface area contributed by atoms with Gasteiger partial charge in [0.05, 0.1) is 11.5 Å². The van der Waals surface area contributed by atoms with Crippen molar-refractivity contribution >= 4 is 19.7 Å². The second kappa shape index (κ2) is 7.56. The number of aryl methyl sites for hydroxylation is 1. The van der Waals surface area contributed by atoms with Crippen LogP contribution in [0.3, 0.4) is 0 Å². The molecule has 0 atom stereocenters. The fourth-order valence-corrected chi connectivity index (χ4v) is 2.94. The topological polar surface area (TPSA) is 43.4 Å². The third-order valence-corrected chi connectivity index (χ3v) is 4.21. The lowest BCUT2D eigenvalue weighted by Crippen LogP contribution is -1.99. The monoisotopic (exact) mass is 302 g/mol. The van der Waals surface area contributed by atoms with Gasteiger partial charge in [0.15, 0.2) is 0 Å². The van der Waals surface area contributed by atoms with Gasteiger partial charge in [-0.25, -0.2) is 8.42 Å². The maximum atomic E-state index is 11.2. The SMILES string of the molecule is C=CCCCCCOc1ccc(S(=O)(=O)Cl)c(C)c1. The van der Waals surface area contributed by atoms with E-state index in [0.29, 0.717) is 17.9 Å². The molecule has 5 heteroatoms. The van der Waals surface area contributed by atoms with Crippen molar-refractivity contribution in [2.75, 3.05) is 6.61 Å². The van der Waals surface area contributed by atoms with Crippen LogP contribution in [0.4, 0.5) is 0 Å². The lowest BCUT2D eigenvalue weighted by atomic mass is 10.2. The lowest BCUT2D eigenvalue weighted by Gasteiger charge is -2.08. The van der Waals surface area contributed by atoms with Crippen LogP contribution in [0.25, 0.3) is 0 Å². The molecule has 106 valence electrons. The summed E-state index contributed by atoms with van der Waals surface area (Å²) < 4.78 is 28.1. The molecule has 0 aliphatic carbocycles. The summed E-state index contributed by atoms with van der Waals surface area (Å²) in [6.07, 6.45) is 6.13. The van der Waals surface area contributed by atoms with E-state index in [1.807, 2.05) is 6.08 Å². The molecule has 0 fully saturated rings. The summed E-state index contributed by atoms with van der Waals surface area (Å²) in [6.45, 7) is 6.00. The highest BCUT2D eigenvalue weighted by Crippen LogP contribution is 2.24. The summed E-state index contributed by atoms with van der Waals surface area (Å²) in [5.74, 6) is 0.672. The van der Waals surface area contributed by atoms with Crippen LogP contribution >= 0.6 is 10.7 Å². The van der Waals surface area contributed by atoms with Crippen LogP contribution < -0.4 is 4.74 Å². The third-order valence-electron chi connectivity index (χ3n) is 2.73. The summed E-state index contributed by atoms with van der Waals surface area (Å²) in [5, 5.41) is 0. The number of hydrogen-bond acceptors (Lipinski definition) is 3. The number of ether oxygens (including phenoxy) is 1. The maximum absolute atomic E-state index is 11.2. The fourth-order valence-electron chi connectivity index (χ4n) is 1.74. The number of rotatable bonds is 8. The zero-order chi connectivity index (χ0) is 14.3. The predicted octanol–water partition coefficient (Wildman–Crippen LogP) is 4.05. The van der Waals surface area contributed by atoms with Crippen molar-refractivity contribution < 1.29 is 13.2 Å². The summed E-state index contributed by atoms with van der Waals surface area (Å²) in [4.78, 5) is 0.132. The molecule has 0 saturated heterocycles. The Hall–Kier alpha value is -1.00. The molecule has 0 aliphatic rings. The number of benzene rings is 1. The van der Waals surface area contributed by atoms with Crippen molar-refractivity contribution in [3.8, 4) is 5.75 Å². The first-order chi connectivity index (χ1) is 8.95. The highest BCUT2D eigenvalue weighted by molar-refractivity contribution is 8.13. The van der Waals surface area contributed by atoms with Gasteiger partial charge in [-0.1, -0.05) is 6.08 Å². The highest BCUT2D eigenvalue weighted by Gasteiger charge is 2.13. The van der Waals surface area contributed by atoms with Crippen molar-refractivity contribution in [3.05, 3.63) is 36.4 Å². The van der Waals surface area contributed by atoms with E-state index in [9.17, 15) is 8.42 Å². The van der Waals surface area contributed by atoms with Gasteiger partial charge in [0.1, 0.15) is 5.75 Å². The van der Waals surface area contributed by atoms with E-state index in [1.54, 1.807) is 19.1 Å². The Kier molecular flexibility index (Phi) is 6.38. The third kappa shape index (κ3) is 5.66. The minimum Gasteiger partial charge on any atom is -0.494 e. The van der Waals surface area contributed by atoms with Gasteiger partial charge < -0.3 is 4.74 Å². The van der Waals surface area contributed by atoms with Crippen molar-refractivity contribution in [2.45, 2.75) is 37.5 Å². The molecule has 0 aromatic heterocycles. The Morgan fingerprint density at radius 2 is 2.05 bits per heavy atom. The quantitative estimate of drug-likeness (QED) is 0.413. The first-order valence-electron chi connectivity index (χ1n) is 6.24. The van der Waals surface area contributed by atoms with E-state index >= 15 is 0 Å². The predicted molar refractivity (Wildman–Crippen MR) is 78.4 cm³/mol. The van der Waals surface area contributed by atoms with Gasteiger partial charge in [-0.05, 0) is 56.4 Å². The zero-order valence-corrected chi connectivity index (χ0v) is 12.6. The molecule has 0 bridgehead atoms. The molecule has 3 nitrogen and oxygen atoms in total. The minimum absolute atomic E-state index is 0.132. The summed E-state index contributed by atoms with van der Waals surface area (Å²) in [6, 6.07) is 4.80. The summed E-state index contributed by atoms with van der Waals surface area (Å²) >= 11 is 0. The van der Waals surface area contributed by atoms with Gasteiger partial charge >= 0.3 is 0 Å². The number of allylic oxidation sites excluding steroid dienone is 1. The summed E-state index contributed by atoms with van der Waals surface area (Å²) in [7, 11) is 1.64. The minimum atomic E-state index is -3.68. The number of hydrogen-bond donors (Lipinski definition) is 0. The van der Waals surface area contributed by atoms with Gasteiger partial charge in [0.2, 0.25) is 0 Å². The standard InChI is InChI=1S/C14H19ClO3S/c1-3-4-5-6-7-10-18-13-8-9-14(12(2)11-13)19(15,16)17/h3,8-9,11H,1,4-7,10H2,2H3. The second-order valence-electron chi connectivity index (χ2n) is 4.35. The van der Waals surface area contributed by atoms with Crippen molar-refractivity contribution in [1.29, 1.82) is 0 Å². The number of halogens is 1. The van der Waals surface area contributed by atoms with E-state index in [-0.39, 0.29) is 4.90 Å². The second-order valence-corrected chi connectivity index (χ2v) is 6.89. The summed E-state index contributed by atoms with van der Waals surface area (Å²) in [5.41, 5.74) is 0.596. The first kappa shape index (κ1) is 16.1. The Morgan fingerprint density at radius 3 is 2.63 bits per heavy atom. The smallest absolute Gasteiger partial charge is 0.261 e. The maximum Gasteiger partial charge on any atom is 0.261 e. The molecule has 19 heavy (non-hydrogen) atoms. The first-order valence-corrected chi connectivity index (χ1v) is 8.55. The van der Waals surface area contributed by atoms with Crippen LogP contribution in [0, 0.1) is 6.92 Å². The molecule has 1 aromatic rings. The number of unbranched alkanes of at least 4 members (excludes halogenated alkanes) is 3. The molecule has 1 aromatic carbocycles. The van der Waals surface area contributed by atoms with Crippen LogP contribution in [0.1, 0.15) is 31.2 Å². The average Bonchev–Trinajstić information content (AvgIpc) is 2.32. The molecule has 0 radical (unpaired) electrons. The van der Waals surface area contributed by atoms with Gasteiger partial charge in [0, 0.05) is 10.7 Å². The zero-order valence-electron chi connectivity index (χ0n) is 11.1.